The molecule has 1 atom stereocenters. The molecule has 2 aromatic rings. The van der Waals surface area contributed by atoms with E-state index in [1.165, 1.54) is 11.1 Å². The van der Waals surface area contributed by atoms with Crippen LogP contribution >= 0.6 is 0 Å². The average molecular weight is 338 g/mol. The van der Waals surface area contributed by atoms with Crippen LogP contribution in [0.1, 0.15) is 23.1 Å². The molecule has 0 saturated carbocycles. The zero-order valence-electron chi connectivity index (χ0n) is 15.0. The van der Waals surface area contributed by atoms with Gasteiger partial charge in [-0.1, -0.05) is 48.0 Å². The molecule has 132 valence electrons. The van der Waals surface area contributed by atoms with Crippen molar-refractivity contribution in [3.8, 4) is 5.75 Å². The summed E-state index contributed by atoms with van der Waals surface area (Å²) >= 11 is 0. The molecule has 0 saturated heterocycles. The van der Waals surface area contributed by atoms with Crippen LogP contribution in [0.15, 0.2) is 48.5 Å². The first-order valence-corrected chi connectivity index (χ1v) is 8.85. The van der Waals surface area contributed by atoms with Gasteiger partial charge in [-0.3, -0.25) is 4.79 Å². The van der Waals surface area contributed by atoms with E-state index in [0.29, 0.717) is 13.0 Å². The van der Waals surface area contributed by atoms with Gasteiger partial charge >= 0.3 is 0 Å². The Morgan fingerprint density at radius 3 is 2.72 bits per heavy atom. The first-order chi connectivity index (χ1) is 12.1. The molecule has 3 rings (SSSR count). The van der Waals surface area contributed by atoms with Crippen LogP contribution in [0.25, 0.3) is 0 Å². The summed E-state index contributed by atoms with van der Waals surface area (Å²) in [6.07, 6.45) is 1.63. The van der Waals surface area contributed by atoms with Crippen molar-refractivity contribution in [3.05, 3.63) is 65.2 Å². The molecule has 0 bridgehead atoms. The molecular weight excluding hydrogens is 312 g/mol. The number of fused-ring (bicyclic) bond motifs is 1. The van der Waals surface area contributed by atoms with Crippen LogP contribution in [0.3, 0.4) is 0 Å². The third kappa shape index (κ3) is 5.07. The highest BCUT2D eigenvalue weighted by molar-refractivity contribution is 5.76. The van der Waals surface area contributed by atoms with Crippen molar-refractivity contribution in [1.82, 2.24) is 10.2 Å². The maximum atomic E-state index is 12.0. The van der Waals surface area contributed by atoms with Gasteiger partial charge in [-0.25, -0.2) is 0 Å². The fraction of sp³-hybridized carbons (Fsp3) is 0.381. The van der Waals surface area contributed by atoms with Gasteiger partial charge in [-0.05, 0) is 31.2 Å². The van der Waals surface area contributed by atoms with Crippen molar-refractivity contribution in [3.63, 3.8) is 0 Å². The van der Waals surface area contributed by atoms with Crippen molar-refractivity contribution in [2.45, 2.75) is 32.4 Å². The monoisotopic (exact) mass is 338 g/mol. The lowest BCUT2D eigenvalue weighted by Crippen LogP contribution is -2.35. The summed E-state index contributed by atoms with van der Waals surface area (Å²) in [5, 5.41) is 2.98. The summed E-state index contributed by atoms with van der Waals surface area (Å²) in [5.41, 5.74) is 3.63. The lowest BCUT2D eigenvalue weighted by Gasteiger charge is -2.20. The number of nitrogens with zero attached hydrogens (tertiary/aromatic N) is 1. The van der Waals surface area contributed by atoms with Gasteiger partial charge in [-0.2, -0.15) is 0 Å². The molecule has 1 aliphatic rings. The molecular formula is C21H26N2O2. The zero-order valence-corrected chi connectivity index (χ0v) is 15.0. The Labute approximate surface area is 149 Å². The van der Waals surface area contributed by atoms with Crippen molar-refractivity contribution in [2.75, 3.05) is 20.1 Å². The quantitative estimate of drug-likeness (QED) is 0.844. The predicted octanol–water partition coefficient (Wildman–Crippen LogP) is 2.94. The van der Waals surface area contributed by atoms with Gasteiger partial charge in [0.1, 0.15) is 11.9 Å². The van der Waals surface area contributed by atoms with E-state index in [0.717, 1.165) is 30.8 Å². The van der Waals surface area contributed by atoms with Gasteiger partial charge in [-0.15, -0.1) is 0 Å². The van der Waals surface area contributed by atoms with Crippen LogP contribution in [-0.2, 0) is 17.8 Å². The third-order valence-corrected chi connectivity index (χ3v) is 4.56. The molecule has 0 aliphatic carbocycles. The van der Waals surface area contributed by atoms with Crippen molar-refractivity contribution < 1.29 is 9.53 Å². The van der Waals surface area contributed by atoms with Crippen LogP contribution in [-0.4, -0.2) is 37.0 Å². The number of rotatable bonds is 7. The van der Waals surface area contributed by atoms with E-state index in [4.69, 9.17) is 4.74 Å². The minimum atomic E-state index is 0.0862. The number of para-hydroxylation sites is 1. The molecule has 2 aromatic carbocycles. The number of carbonyl (C=O) groups excluding carboxylic acids is 1. The summed E-state index contributed by atoms with van der Waals surface area (Å²) in [6, 6.07) is 16.4. The van der Waals surface area contributed by atoms with E-state index in [1.807, 2.05) is 25.2 Å². The Balaban J connectivity index is 1.35. The maximum absolute atomic E-state index is 12.0. The number of benzene rings is 2. The first kappa shape index (κ1) is 17.5. The lowest BCUT2D eigenvalue weighted by atomic mass is 10.1. The standard InChI is InChI=1S/C21H26N2O2/c1-16-7-9-17(10-8-16)14-22-21(24)11-12-23(2)15-19-13-18-5-3-4-6-20(18)25-19/h3-10,19H,11-15H2,1-2H3,(H,22,24). The zero-order chi connectivity index (χ0) is 17.6. The normalized spacial score (nSPS) is 15.7. The maximum Gasteiger partial charge on any atom is 0.221 e. The molecule has 25 heavy (non-hydrogen) atoms. The Bertz CT molecular complexity index is 687. The molecule has 1 aliphatic heterocycles. The van der Waals surface area contributed by atoms with Gasteiger partial charge in [0.25, 0.3) is 0 Å². The third-order valence-electron chi connectivity index (χ3n) is 4.56. The number of ether oxygens (including phenoxy) is 1. The second kappa shape index (κ2) is 8.17. The predicted molar refractivity (Wildman–Crippen MR) is 99.7 cm³/mol. The number of amides is 1. The number of hydrogen-bond acceptors (Lipinski definition) is 3. The van der Waals surface area contributed by atoms with E-state index in [9.17, 15) is 4.79 Å². The lowest BCUT2D eigenvalue weighted by molar-refractivity contribution is -0.121. The van der Waals surface area contributed by atoms with Crippen LogP contribution in [0.2, 0.25) is 0 Å². The van der Waals surface area contributed by atoms with Gasteiger partial charge < -0.3 is 15.0 Å². The Kier molecular flexibility index (Phi) is 5.71. The molecule has 1 amide bonds. The van der Waals surface area contributed by atoms with Crippen molar-refractivity contribution in [2.24, 2.45) is 0 Å². The molecule has 0 spiro atoms. The van der Waals surface area contributed by atoms with E-state index in [2.05, 4.69) is 47.5 Å². The van der Waals surface area contributed by atoms with Crippen molar-refractivity contribution >= 4 is 5.91 Å². The second-order valence-electron chi connectivity index (χ2n) is 6.83. The van der Waals surface area contributed by atoms with Gasteiger partial charge in [0.15, 0.2) is 0 Å². The van der Waals surface area contributed by atoms with Crippen LogP contribution in [0.5, 0.6) is 5.75 Å². The summed E-state index contributed by atoms with van der Waals surface area (Å²) in [6.45, 7) is 4.21. The number of likely N-dealkylation sites (N-methyl/N-ethyl adjacent to an activating group) is 1. The van der Waals surface area contributed by atoms with E-state index < -0.39 is 0 Å². The number of aryl methyl sites for hydroxylation is 1. The van der Waals surface area contributed by atoms with E-state index >= 15 is 0 Å². The molecule has 1 N–H and O–H groups in total. The Hall–Kier alpha value is -2.33. The molecule has 0 aromatic heterocycles. The molecule has 4 nitrogen and oxygen atoms in total. The number of hydrogen-bond donors (Lipinski definition) is 1. The Morgan fingerprint density at radius 1 is 1.20 bits per heavy atom. The SMILES string of the molecule is Cc1ccc(CNC(=O)CCN(C)CC2Cc3ccccc3O2)cc1. The van der Waals surface area contributed by atoms with Crippen LogP contribution in [0, 0.1) is 6.92 Å². The highest BCUT2D eigenvalue weighted by Gasteiger charge is 2.23. The second-order valence-corrected chi connectivity index (χ2v) is 6.83. The van der Waals surface area contributed by atoms with Gasteiger partial charge in [0.2, 0.25) is 5.91 Å². The summed E-state index contributed by atoms with van der Waals surface area (Å²) < 4.78 is 5.96. The minimum Gasteiger partial charge on any atom is -0.488 e. The van der Waals surface area contributed by atoms with Crippen molar-refractivity contribution in [1.29, 1.82) is 0 Å². The summed E-state index contributed by atoms with van der Waals surface area (Å²) in [7, 11) is 2.04. The van der Waals surface area contributed by atoms with Gasteiger partial charge in [0.05, 0.1) is 0 Å². The average Bonchev–Trinajstić information content (AvgIpc) is 3.01. The molecule has 1 unspecified atom stereocenters. The first-order valence-electron chi connectivity index (χ1n) is 8.85. The number of carbonyl (C=O) groups is 1. The fourth-order valence-electron chi connectivity index (χ4n) is 3.08. The molecule has 4 heteroatoms. The fourth-order valence-corrected chi connectivity index (χ4v) is 3.08. The van der Waals surface area contributed by atoms with Crippen LogP contribution < -0.4 is 10.1 Å². The Morgan fingerprint density at radius 2 is 1.96 bits per heavy atom. The minimum absolute atomic E-state index is 0.0862. The van der Waals surface area contributed by atoms with Gasteiger partial charge in [0, 0.05) is 32.5 Å². The highest BCUT2D eigenvalue weighted by atomic mass is 16.5. The smallest absolute Gasteiger partial charge is 0.221 e. The number of nitrogens with one attached hydrogen (secondary N) is 1. The molecule has 0 radical (unpaired) electrons. The largest absolute Gasteiger partial charge is 0.488 e. The topological polar surface area (TPSA) is 41.6 Å². The molecule has 0 fully saturated rings. The van der Waals surface area contributed by atoms with Crippen LogP contribution in [0.4, 0.5) is 0 Å². The van der Waals surface area contributed by atoms with E-state index in [1.54, 1.807) is 0 Å². The molecule has 1 heterocycles. The summed E-state index contributed by atoms with van der Waals surface area (Å²) in [4.78, 5) is 14.2. The highest BCUT2D eigenvalue weighted by Crippen LogP contribution is 2.28. The summed E-state index contributed by atoms with van der Waals surface area (Å²) in [5.74, 6) is 1.08. The van der Waals surface area contributed by atoms with E-state index in [-0.39, 0.29) is 12.0 Å².